The number of hydrogen-bond acceptors (Lipinski definition) is 2. The number of fused-ring (bicyclic) bond motifs is 1. The highest BCUT2D eigenvalue weighted by Gasteiger charge is 2.22. The molecule has 2 aromatic carbocycles. The Morgan fingerprint density at radius 2 is 1.75 bits per heavy atom. The van der Waals surface area contributed by atoms with Crippen molar-refractivity contribution >= 4 is 53.5 Å². The van der Waals surface area contributed by atoms with Gasteiger partial charge < -0.3 is 10.1 Å². The van der Waals surface area contributed by atoms with E-state index in [1.165, 1.54) is 5.56 Å². The molecule has 1 unspecified atom stereocenters. The van der Waals surface area contributed by atoms with E-state index < -0.39 is 0 Å². The molecule has 2 aromatic rings. The summed E-state index contributed by atoms with van der Waals surface area (Å²) in [5, 5.41) is 3.60. The first-order chi connectivity index (χ1) is 9.63. The van der Waals surface area contributed by atoms with E-state index >= 15 is 0 Å². The monoisotopic (exact) mass is 459 g/mol. The van der Waals surface area contributed by atoms with Gasteiger partial charge in [-0.15, -0.1) is 0 Å². The average molecular weight is 462 g/mol. The minimum atomic E-state index is 0.252. The normalized spacial score (nSPS) is 17.2. The SMILES string of the molecule is Brc1ccc(Br)c(NC2CCOc3ccc(Br)cc32)c1. The molecule has 1 N–H and O–H groups in total. The van der Waals surface area contributed by atoms with Crippen molar-refractivity contribution < 1.29 is 4.74 Å². The van der Waals surface area contributed by atoms with Crippen molar-refractivity contribution in [2.45, 2.75) is 12.5 Å². The maximum Gasteiger partial charge on any atom is 0.124 e. The molecule has 1 aliphatic rings. The highest BCUT2D eigenvalue weighted by atomic mass is 79.9. The Kier molecular flexibility index (Phi) is 4.38. The van der Waals surface area contributed by atoms with Gasteiger partial charge >= 0.3 is 0 Å². The highest BCUT2D eigenvalue weighted by molar-refractivity contribution is 9.11. The number of anilines is 1. The maximum absolute atomic E-state index is 5.72. The number of benzene rings is 2. The topological polar surface area (TPSA) is 21.3 Å². The summed E-state index contributed by atoms with van der Waals surface area (Å²) in [6.07, 6.45) is 0.947. The molecule has 5 heteroatoms. The molecule has 2 nitrogen and oxygen atoms in total. The molecule has 0 radical (unpaired) electrons. The zero-order valence-electron chi connectivity index (χ0n) is 10.5. The van der Waals surface area contributed by atoms with Crippen molar-refractivity contribution in [3.8, 4) is 5.75 Å². The van der Waals surface area contributed by atoms with Crippen molar-refractivity contribution in [3.63, 3.8) is 0 Å². The summed E-state index contributed by atoms with van der Waals surface area (Å²) in [7, 11) is 0. The standard InChI is InChI=1S/C15H12Br3NO/c16-9-2-4-15-11(7-9)13(5-6-20-15)19-14-8-10(17)1-3-12(14)18/h1-4,7-8,13,19H,5-6H2. The second-order valence-electron chi connectivity index (χ2n) is 4.64. The van der Waals surface area contributed by atoms with Gasteiger partial charge in [0.25, 0.3) is 0 Å². The van der Waals surface area contributed by atoms with E-state index in [0.29, 0.717) is 0 Å². The molecule has 1 aliphatic heterocycles. The van der Waals surface area contributed by atoms with Crippen LogP contribution in [0.4, 0.5) is 5.69 Å². The molecule has 20 heavy (non-hydrogen) atoms. The first-order valence-electron chi connectivity index (χ1n) is 6.27. The Hall–Kier alpha value is -0.520. The average Bonchev–Trinajstić information content (AvgIpc) is 2.43. The largest absolute Gasteiger partial charge is 0.493 e. The first-order valence-corrected chi connectivity index (χ1v) is 8.65. The predicted molar refractivity (Wildman–Crippen MR) is 92.5 cm³/mol. The zero-order valence-corrected chi connectivity index (χ0v) is 15.3. The van der Waals surface area contributed by atoms with Crippen LogP contribution in [0.3, 0.4) is 0 Å². The Labute approximate surface area is 143 Å². The molecule has 0 spiro atoms. The van der Waals surface area contributed by atoms with E-state index in [9.17, 15) is 0 Å². The summed E-state index contributed by atoms with van der Waals surface area (Å²) < 4.78 is 8.91. The lowest BCUT2D eigenvalue weighted by Gasteiger charge is -2.28. The van der Waals surface area contributed by atoms with Gasteiger partial charge in [-0.2, -0.15) is 0 Å². The van der Waals surface area contributed by atoms with Gasteiger partial charge in [-0.1, -0.05) is 31.9 Å². The molecule has 1 atom stereocenters. The van der Waals surface area contributed by atoms with Crippen molar-refractivity contribution in [2.24, 2.45) is 0 Å². The van der Waals surface area contributed by atoms with Crippen molar-refractivity contribution in [1.29, 1.82) is 0 Å². The Morgan fingerprint density at radius 3 is 2.60 bits per heavy atom. The summed E-state index contributed by atoms with van der Waals surface area (Å²) in [5.74, 6) is 0.961. The lowest BCUT2D eigenvalue weighted by molar-refractivity contribution is 0.274. The van der Waals surface area contributed by atoms with E-state index in [0.717, 1.165) is 37.9 Å². The molecular formula is C15H12Br3NO. The van der Waals surface area contributed by atoms with Crippen LogP contribution in [0, 0.1) is 0 Å². The lowest BCUT2D eigenvalue weighted by Crippen LogP contribution is -2.20. The highest BCUT2D eigenvalue weighted by Crippen LogP contribution is 2.38. The van der Waals surface area contributed by atoms with E-state index in [-0.39, 0.29) is 6.04 Å². The molecule has 3 rings (SSSR count). The number of nitrogens with one attached hydrogen (secondary N) is 1. The van der Waals surface area contributed by atoms with Crippen LogP contribution in [-0.2, 0) is 0 Å². The molecule has 1 heterocycles. The predicted octanol–water partition coefficient (Wildman–Crippen LogP) is 5.91. The lowest BCUT2D eigenvalue weighted by atomic mass is 10.0. The van der Waals surface area contributed by atoms with Crippen LogP contribution >= 0.6 is 47.8 Å². The van der Waals surface area contributed by atoms with Crippen molar-refractivity contribution in [1.82, 2.24) is 0 Å². The van der Waals surface area contributed by atoms with Gasteiger partial charge in [0.1, 0.15) is 5.75 Å². The molecule has 0 saturated carbocycles. The van der Waals surface area contributed by atoms with Gasteiger partial charge in [0, 0.05) is 25.4 Å². The van der Waals surface area contributed by atoms with E-state index in [1.807, 2.05) is 24.3 Å². The minimum Gasteiger partial charge on any atom is -0.493 e. The molecule has 0 aromatic heterocycles. The Morgan fingerprint density at radius 1 is 1.00 bits per heavy atom. The molecule has 0 amide bonds. The second-order valence-corrected chi connectivity index (χ2v) is 7.33. The third-order valence-corrected chi connectivity index (χ3v) is 4.95. The summed E-state index contributed by atoms with van der Waals surface area (Å²) in [6.45, 7) is 0.734. The Bertz CT molecular complexity index is 645. The maximum atomic E-state index is 5.72. The van der Waals surface area contributed by atoms with Crippen LogP contribution < -0.4 is 10.1 Å². The molecule has 0 aliphatic carbocycles. The van der Waals surface area contributed by atoms with Crippen molar-refractivity contribution in [2.75, 3.05) is 11.9 Å². The number of hydrogen-bond donors (Lipinski definition) is 1. The van der Waals surface area contributed by atoms with E-state index in [4.69, 9.17) is 4.74 Å². The van der Waals surface area contributed by atoms with Crippen molar-refractivity contribution in [3.05, 3.63) is 55.4 Å². The fraction of sp³-hybridized carbons (Fsp3) is 0.200. The second kappa shape index (κ2) is 6.08. The molecule has 0 saturated heterocycles. The summed E-state index contributed by atoms with van der Waals surface area (Å²) in [6, 6.07) is 12.5. The molecule has 0 bridgehead atoms. The van der Waals surface area contributed by atoms with E-state index in [1.54, 1.807) is 0 Å². The summed E-state index contributed by atoms with van der Waals surface area (Å²) in [5.41, 5.74) is 2.27. The first kappa shape index (κ1) is 14.4. The minimum absolute atomic E-state index is 0.252. The Balaban J connectivity index is 1.93. The molecule has 0 fully saturated rings. The van der Waals surface area contributed by atoms with Crippen LogP contribution in [0.2, 0.25) is 0 Å². The number of rotatable bonds is 2. The van der Waals surface area contributed by atoms with Gasteiger partial charge in [0.05, 0.1) is 18.3 Å². The smallest absolute Gasteiger partial charge is 0.124 e. The van der Waals surface area contributed by atoms with Crippen LogP contribution in [0.5, 0.6) is 5.75 Å². The van der Waals surface area contributed by atoms with Gasteiger partial charge in [0.2, 0.25) is 0 Å². The van der Waals surface area contributed by atoms with Crippen LogP contribution in [0.15, 0.2) is 49.8 Å². The quantitative estimate of drug-likeness (QED) is 0.600. The van der Waals surface area contributed by atoms with Gasteiger partial charge in [0.15, 0.2) is 0 Å². The molecular weight excluding hydrogens is 450 g/mol. The van der Waals surface area contributed by atoms with Crippen LogP contribution in [-0.4, -0.2) is 6.61 Å². The fourth-order valence-corrected chi connectivity index (χ4v) is 3.41. The summed E-state index contributed by atoms with van der Waals surface area (Å²) in [4.78, 5) is 0. The van der Waals surface area contributed by atoms with Gasteiger partial charge in [-0.3, -0.25) is 0 Å². The fourth-order valence-electron chi connectivity index (χ4n) is 2.31. The molecule has 104 valence electrons. The van der Waals surface area contributed by atoms with Crippen LogP contribution in [0.25, 0.3) is 0 Å². The van der Waals surface area contributed by atoms with E-state index in [2.05, 4.69) is 65.2 Å². The third-order valence-electron chi connectivity index (χ3n) is 3.27. The third kappa shape index (κ3) is 3.05. The van der Waals surface area contributed by atoms with Gasteiger partial charge in [-0.25, -0.2) is 0 Å². The summed E-state index contributed by atoms with van der Waals surface area (Å²) >= 11 is 10.6. The number of ether oxygens (including phenoxy) is 1. The zero-order chi connectivity index (χ0) is 14.1. The van der Waals surface area contributed by atoms with Crippen LogP contribution in [0.1, 0.15) is 18.0 Å². The van der Waals surface area contributed by atoms with Gasteiger partial charge in [-0.05, 0) is 52.3 Å². The number of halogens is 3.